The third-order valence-electron chi connectivity index (χ3n) is 9.68. The fourth-order valence-electron chi connectivity index (χ4n) is 8.33. The molecular weight excluding hydrogens is 386 g/mol. The molecule has 7 heteroatoms. The molecule has 166 valence electrons. The van der Waals surface area contributed by atoms with Crippen molar-refractivity contribution in [2.75, 3.05) is 0 Å². The molecule has 0 amide bonds. The van der Waals surface area contributed by atoms with Crippen LogP contribution in [0.25, 0.3) is 0 Å². The predicted molar refractivity (Wildman–Crippen MR) is 109 cm³/mol. The maximum absolute atomic E-state index is 13.4. The van der Waals surface area contributed by atoms with Gasteiger partial charge in [-0.2, -0.15) is 4.80 Å². The Morgan fingerprint density at radius 2 is 1.93 bits per heavy atom. The molecule has 0 radical (unpaired) electrons. The van der Waals surface area contributed by atoms with E-state index < -0.39 is 12.0 Å². The number of alkyl halides is 2. The van der Waals surface area contributed by atoms with Gasteiger partial charge in [-0.1, -0.05) is 19.1 Å². The van der Waals surface area contributed by atoms with Crippen molar-refractivity contribution in [1.82, 2.24) is 20.2 Å². The first kappa shape index (κ1) is 20.5. The summed E-state index contributed by atoms with van der Waals surface area (Å²) >= 11 is 0. The lowest BCUT2D eigenvalue weighted by atomic mass is 9.48. The highest BCUT2D eigenvalue weighted by molar-refractivity contribution is 5.15. The highest BCUT2D eigenvalue weighted by Crippen LogP contribution is 2.65. The van der Waals surface area contributed by atoms with Gasteiger partial charge in [0.15, 0.2) is 6.33 Å². The fourth-order valence-corrected chi connectivity index (χ4v) is 8.33. The van der Waals surface area contributed by atoms with Gasteiger partial charge in [-0.05, 0) is 104 Å². The fraction of sp³-hybridized carbons (Fsp3) is 0.870. The first-order valence-corrected chi connectivity index (χ1v) is 11.7. The number of tetrazole rings is 1. The van der Waals surface area contributed by atoms with Crippen molar-refractivity contribution in [2.45, 2.75) is 83.3 Å². The Labute approximate surface area is 177 Å². The average molecular weight is 421 g/mol. The van der Waals surface area contributed by atoms with Crippen molar-refractivity contribution in [1.29, 1.82) is 0 Å². The van der Waals surface area contributed by atoms with E-state index in [1.807, 2.05) is 0 Å². The van der Waals surface area contributed by atoms with Crippen LogP contribution in [0.3, 0.4) is 0 Å². The smallest absolute Gasteiger partial charge is 0.266 e. The number of rotatable bonds is 4. The van der Waals surface area contributed by atoms with E-state index >= 15 is 0 Å². The number of nitrogens with zero attached hydrogens (tertiary/aromatic N) is 4. The lowest BCUT2D eigenvalue weighted by Gasteiger charge is -2.57. The Balaban J connectivity index is 1.30. The van der Waals surface area contributed by atoms with Gasteiger partial charge in [0.1, 0.15) is 5.60 Å². The summed E-state index contributed by atoms with van der Waals surface area (Å²) in [5, 5.41) is 22.4. The Kier molecular flexibility index (Phi) is 5.03. The van der Waals surface area contributed by atoms with Crippen molar-refractivity contribution in [3.63, 3.8) is 0 Å². The second kappa shape index (κ2) is 7.35. The summed E-state index contributed by atoms with van der Waals surface area (Å²) in [5.41, 5.74) is -0.267. The van der Waals surface area contributed by atoms with Crippen LogP contribution in [0.5, 0.6) is 0 Å². The Morgan fingerprint density at radius 3 is 2.67 bits per heavy atom. The second-order valence-corrected chi connectivity index (χ2v) is 10.9. The summed E-state index contributed by atoms with van der Waals surface area (Å²) in [5.74, 6) is 3.32. The summed E-state index contributed by atoms with van der Waals surface area (Å²) in [7, 11) is 0. The van der Waals surface area contributed by atoms with Gasteiger partial charge in [-0.15, -0.1) is 10.2 Å². The van der Waals surface area contributed by atoms with Crippen LogP contribution >= 0.6 is 0 Å². The second-order valence-electron chi connectivity index (χ2n) is 10.9. The predicted octanol–water partition coefficient (Wildman–Crippen LogP) is 4.49. The first-order chi connectivity index (χ1) is 14.3. The van der Waals surface area contributed by atoms with Crippen LogP contribution in [-0.4, -0.2) is 37.3 Å². The molecule has 1 aromatic rings. The van der Waals surface area contributed by atoms with Crippen LogP contribution in [0.4, 0.5) is 8.78 Å². The molecule has 0 aromatic carbocycles. The molecule has 1 N–H and O–H groups in total. The number of aliphatic hydroxyl groups is 1. The number of hydrogen-bond donors (Lipinski definition) is 1. The maximum atomic E-state index is 13.4. The highest BCUT2D eigenvalue weighted by Gasteiger charge is 2.58. The minimum Gasteiger partial charge on any atom is -0.384 e. The third-order valence-corrected chi connectivity index (χ3v) is 9.68. The normalized spacial score (nSPS) is 45.6. The molecule has 4 aliphatic carbocycles. The maximum Gasteiger partial charge on any atom is 0.266 e. The summed E-state index contributed by atoms with van der Waals surface area (Å²) in [4.78, 5) is 1.63. The van der Waals surface area contributed by atoms with Gasteiger partial charge >= 0.3 is 0 Å². The van der Waals surface area contributed by atoms with Gasteiger partial charge in [-0.3, -0.25) is 0 Å². The average Bonchev–Trinajstić information content (AvgIpc) is 3.34. The van der Waals surface area contributed by atoms with Crippen molar-refractivity contribution >= 4 is 0 Å². The zero-order valence-electron chi connectivity index (χ0n) is 17.9. The number of hydrogen-bond acceptors (Lipinski definition) is 4. The Morgan fingerprint density at radius 1 is 1.13 bits per heavy atom. The molecule has 1 heterocycles. The molecular formula is C23H34F2N4O. The van der Waals surface area contributed by atoms with Gasteiger partial charge < -0.3 is 5.11 Å². The molecule has 30 heavy (non-hydrogen) atoms. The van der Waals surface area contributed by atoms with E-state index in [2.05, 4.69) is 28.9 Å². The van der Waals surface area contributed by atoms with Gasteiger partial charge in [0.05, 0.1) is 6.54 Å². The van der Waals surface area contributed by atoms with E-state index in [9.17, 15) is 13.9 Å². The van der Waals surface area contributed by atoms with E-state index in [-0.39, 0.29) is 17.8 Å². The molecule has 4 aliphatic rings. The van der Waals surface area contributed by atoms with Crippen LogP contribution in [-0.2, 0) is 6.54 Å². The first-order valence-electron chi connectivity index (χ1n) is 11.7. The van der Waals surface area contributed by atoms with Crippen LogP contribution in [0.2, 0.25) is 0 Å². The van der Waals surface area contributed by atoms with Crippen LogP contribution in [0, 0.1) is 40.9 Å². The lowest BCUT2D eigenvalue weighted by molar-refractivity contribution is -0.159. The summed E-state index contributed by atoms with van der Waals surface area (Å²) in [6.45, 7) is 7.53. The van der Waals surface area contributed by atoms with Crippen LogP contribution < -0.4 is 0 Å². The van der Waals surface area contributed by atoms with Gasteiger partial charge in [0.2, 0.25) is 0 Å². The van der Waals surface area contributed by atoms with Crippen molar-refractivity contribution in [3.8, 4) is 0 Å². The third kappa shape index (κ3) is 3.14. The standard InChI is InChI=1S/C23H34F2N4O/c1-14(12-29-27-13-26-28-29)19-5-6-20-18-4-3-15-11-23(30,21(24)25)10-8-16(15)17(18)7-9-22(19,20)2/h13,15-21,30H,1,3-12H2,2H3/t15-,16-,17+,18+,19+,20-,22+,23+/m0/s1. The zero-order chi connectivity index (χ0) is 21.1. The molecule has 0 unspecified atom stereocenters. The highest BCUT2D eigenvalue weighted by atomic mass is 19.3. The molecule has 0 spiro atoms. The molecule has 0 aliphatic heterocycles. The van der Waals surface area contributed by atoms with Crippen molar-refractivity contribution in [3.05, 3.63) is 18.5 Å². The number of allylic oxidation sites excluding steroid dienone is 1. The van der Waals surface area contributed by atoms with Gasteiger partial charge in [0.25, 0.3) is 6.43 Å². The topological polar surface area (TPSA) is 63.8 Å². The molecule has 4 saturated carbocycles. The van der Waals surface area contributed by atoms with Crippen molar-refractivity contribution in [2.24, 2.45) is 40.9 Å². The monoisotopic (exact) mass is 420 g/mol. The zero-order valence-corrected chi connectivity index (χ0v) is 17.9. The van der Waals surface area contributed by atoms with E-state index in [1.165, 1.54) is 37.6 Å². The summed E-state index contributed by atoms with van der Waals surface area (Å²) in [6.07, 6.45) is 7.12. The summed E-state index contributed by atoms with van der Waals surface area (Å²) < 4.78 is 26.8. The van der Waals surface area contributed by atoms with Gasteiger partial charge in [0, 0.05) is 0 Å². The number of halogens is 2. The van der Waals surface area contributed by atoms with E-state index in [0.29, 0.717) is 42.6 Å². The minimum absolute atomic E-state index is 0.265. The molecule has 4 fully saturated rings. The van der Waals surface area contributed by atoms with Gasteiger partial charge in [-0.25, -0.2) is 8.78 Å². The Hall–Kier alpha value is -1.37. The molecule has 0 bridgehead atoms. The number of aromatic nitrogens is 4. The Bertz CT molecular complexity index is 786. The lowest BCUT2D eigenvalue weighted by Crippen LogP contribution is -2.52. The van der Waals surface area contributed by atoms with Crippen molar-refractivity contribution < 1.29 is 13.9 Å². The SMILES string of the molecule is C=C(Cn1ncnn1)[C@H]1CC[C@H]2[C@@H]3CC[C@H]4C[C@@](O)(C(F)F)CC[C@@H]4[C@H]3CC[C@]12C. The van der Waals surface area contributed by atoms with E-state index in [0.717, 1.165) is 19.3 Å². The molecule has 1 aromatic heterocycles. The molecule has 0 saturated heterocycles. The van der Waals surface area contributed by atoms with E-state index in [4.69, 9.17) is 0 Å². The molecule has 8 atom stereocenters. The summed E-state index contributed by atoms with van der Waals surface area (Å²) in [6, 6.07) is 0. The minimum atomic E-state index is -2.62. The molecule has 5 nitrogen and oxygen atoms in total. The molecule has 5 rings (SSSR count). The quantitative estimate of drug-likeness (QED) is 0.729. The largest absolute Gasteiger partial charge is 0.384 e. The van der Waals surface area contributed by atoms with E-state index in [1.54, 1.807) is 4.80 Å². The number of fused-ring (bicyclic) bond motifs is 5. The van der Waals surface area contributed by atoms with Crippen LogP contribution in [0.15, 0.2) is 18.5 Å². The van der Waals surface area contributed by atoms with Crippen LogP contribution in [0.1, 0.15) is 64.7 Å².